The lowest BCUT2D eigenvalue weighted by atomic mass is 10.3. The van der Waals surface area contributed by atoms with E-state index in [1.807, 2.05) is 0 Å². The highest BCUT2D eigenvalue weighted by molar-refractivity contribution is 7.87. The molecule has 0 saturated carbocycles. The molecule has 0 aliphatic heterocycles. The van der Waals surface area contributed by atoms with Gasteiger partial charge in [0, 0.05) is 6.85 Å². The van der Waals surface area contributed by atoms with Crippen molar-refractivity contribution in [3.63, 3.8) is 0 Å². The molecule has 0 spiro atoms. The summed E-state index contributed by atoms with van der Waals surface area (Å²) >= 11 is 0. The average molecular weight is 227 g/mol. The van der Waals surface area contributed by atoms with Crippen molar-refractivity contribution in [3.8, 4) is 0 Å². The second-order valence-corrected chi connectivity index (χ2v) is 3.18. The summed E-state index contributed by atoms with van der Waals surface area (Å²) in [4.78, 5) is 0. The Morgan fingerprint density at radius 2 is 1.92 bits per heavy atom. The highest BCUT2D eigenvalue weighted by Gasteiger charge is 2.47. The first kappa shape index (κ1) is 4.97. The van der Waals surface area contributed by atoms with Crippen molar-refractivity contribution < 1.29 is 35.4 Å². The minimum Gasteiger partial charge on any atom is -0.263 e. The molecule has 0 saturated heterocycles. The molecule has 0 radical (unpaired) electrons. The fourth-order valence-electron chi connectivity index (χ4n) is 0.225. The van der Waals surface area contributed by atoms with Gasteiger partial charge in [-0.3, -0.25) is 4.18 Å². The van der Waals surface area contributed by atoms with E-state index in [2.05, 4.69) is 4.18 Å². The van der Waals surface area contributed by atoms with Crippen LogP contribution in [-0.2, 0) is 14.3 Å². The number of alkyl halides is 3. The molecule has 0 N–H and O–H groups in total. The van der Waals surface area contributed by atoms with Gasteiger partial charge in [-0.2, -0.15) is 21.6 Å². The van der Waals surface area contributed by atoms with Gasteiger partial charge >= 0.3 is 15.6 Å². The fraction of sp³-hybridized carbons (Fsp3) is 1.00. The second-order valence-electron chi connectivity index (χ2n) is 1.64. The molecule has 0 fully saturated rings. The summed E-state index contributed by atoms with van der Waals surface area (Å²) in [5, 5.41) is 0. The molecule has 0 aromatic carbocycles. The molecule has 0 amide bonds. The first-order valence-corrected chi connectivity index (χ1v) is 4.25. The Bertz CT molecular complexity index is 459. The third-order valence-electron chi connectivity index (χ3n) is 0.702. The van der Waals surface area contributed by atoms with Crippen LogP contribution in [0.3, 0.4) is 0 Å². The molecule has 1 atom stereocenters. The molecule has 0 aliphatic carbocycles. The topological polar surface area (TPSA) is 43.4 Å². The van der Waals surface area contributed by atoms with E-state index in [1.54, 1.807) is 0 Å². The highest BCUT2D eigenvalue weighted by atomic mass is 32.2. The molecular weight excluding hydrogens is 209 g/mol. The Balaban J connectivity index is 5.67. The van der Waals surface area contributed by atoms with Crippen LogP contribution in [0.15, 0.2) is 0 Å². The van der Waals surface area contributed by atoms with Crippen LogP contribution in [0.5, 0.6) is 0 Å². The molecule has 0 heterocycles. The molecule has 7 heteroatoms. The van der Waals surface area contributed by atoms with Gasteiger partial charge in [-0.25, -0.2) is 0 Å². The maximum atomic E-state index is 12.1. The minimum absolute atomic E-state index is 0.826. The van der Waals surface area contributed by atoms with Gasteiger partial charge in [0.2, 0.25) is 0 Å². The van der Waals surface area contributed by atoms with Gasteiger partial charge in [0.1, 0.15) is 0 Å². The lowest BCUT2D eigenvalue weighted by Gasteiger charge is -2.07. The summed E-state index contributed by atoms with van der Waals surface area (Å²) in [6, 6.07) is 0. The Morgan fingerprint density at radius 3 is 2.31 bits per heavy atom. The molecule has 1 unspecified atom stereocenters. The van der Waals surface area contributed by atoms with Crippen molar-refractivity contribution in [2.24, 2.45) is 0 Å². The van der Waals surface area contributed by atoms with E-state index in [-0.39, 0.29) is 0 Å². The molecule has 80 valence electrons. The third kappa shape index (κ3) is 4.47. The Kier molecular flexibility index (Phi) is 1.84. The normalized spacial score (nSPS) is 26.9. The first-order valence-electron chi connectivity index (χ1n) is 6.42. The summed E-state index contributed by atoms with van der Waals surface area (Å²) in [5.74, 6) is 0. The van der Waals surface area contributed by atoms with Crippen LogP contribution in [0, 0.1) is 0 Å². The summed E-state index contributed by atoms with van der Waals surface area (Å²) in [5.41, 5.74) is -5.99. The number of rotatable bonds is 5. The summed E-state index contributed by atoms with van der Waals surface area (Å²) in [7, 11) is -6.47. The van der Waals surface area contributed by atoms with Crippen molar-refractivity contribution in [1.82, 2.24) is 0 Å². The molecule has 3 nitrogen and oxygen atoms in total. The fourth-order valence-corrected chi connectivity index (χ4v) is 0.470. The highest BCUT2D eigenvalue weighted by Crippen LogP contribution is 2.24. The lowest BCUT2D eigenvalue weighted by Crippen LogP contribution is -2.25. The minimum atomic E-state index is -6.47. The molecule has 0 aliphatic rings. The van der Waals surface area contributed by atoms with Crippen molar-refractivity contribution >= 4 is 10.1 Å². The Labute approximate surface area is 84.8 Å². The monoisotopic (exact) mass is 227 g/mol. The van der Waals surface area contributed by atoms with Gasteiger partial charge < -0.3 is 0 Å². The van der Waals surface area contributed by atoms with Crippen LogP contribution in [0.25, 0.3) is 0 Å². The van der Waals surface area contributed by atoms with Crippen molar-refractivity contribution in [3.05, 3.63) is 0 Å². The Morgan fingerprint density at radius 1 is 1.38 bits per heavy atom. The third-order valence-corrected chi connectivity index (χ3v) is 1.57. The van der Waals surface area contributed by atoms with E-state index < -0.39 is 41.3 Å². The van der Waals surface area contributed by atoms with Gasteiger partial charge in [0.25, 0.3) is 0 Å². The number of hydrogen-bond donors (Lipinski definition) is 0. The van der Waals surface area contributed by atoms with Crippen LogP contribution in [-0.4, -0.2) is 20.5 Å². The van der Waals surface area contributed by atoms with Crippen LogP contribution < -0.4 is 0 Å². The quantitative estimate of drug-likeness (QED) is 0.533. The van der Waals surface area contributed by atoms with Gasteiger partial charge in [0.05, 0.1) is 9.30 Å². The van der Waals surface area contributed by atoms with E-state index in [1.165, 1.54) is 0 Å². The largest absolute Gasteiger partial charge is 0.523 e. The molecule has 0 bridgehead atoms. The van der Waals surface area contributed by atoms with Crippen molar-refractivity contribution in [2.45, 2.75) is 31.6 Å². The SMILES string of the molecule is [2H]C(C)C([2H])([2H])C([2H])([2H])C([2H])([2H])OS(=O)(=O)C(F)(F)F. The predicted molar refractivity (Wildman–Crippen MR) is 40.5 cm³/mol. The van der Waals surface area contributed by atoms with E-state index in [4.69, 9.17) is 9.60 Å². The van der Waals surface area contributed by atoms with E-state index in [0.717, 1.165) is 6.92 Å². The van der Waals surface area contributed by atoms with E-state index in [0.29, 0.717) is 0 Å². The van der Waals surface area contributed by atoms with Crippen LogP contribution in [0.4, 0.5) is 13.2 Å². The van der Waals surface area contributed by atoms with Gasteiger partial charge in [-0.1, -0.05) is 19.7 Å². The number of hydrogen-bond acceptors (Lipinski definition) is 3. The smallest absolute Gasteiger partial charge is 0.263 e. The number of halogens is 3. The van der Waals surface area contributed by atoms with Crippen molar-refractivity contribution in [2.75, 3.05) is 6.56 Å². The summed E-state index contributed by atoms with van der Waals surface area (Å²) in [6.45, 7) is -3.34. The first-order chi connectivity index (χ1) is 8.40. The van der Waals surface area contributed by atoms with Gasteiger partial charge in [0.15, 0.2) is 0 Å². The predicted octanol–water partition coefficient (Wildman–Crippen LogP) is 2.04. The molecule has 13 heavy (non-hydrogen) atoms. The second kappa shape index (κ2) is 4.80. The van der Waals surface area contributed by atoms with Crippen LogP contribution in [0.2, 0.25) is 0 Å². The standard InChI is InChI=1S/C6H11F3O3S/c1-2-3-4-5-12-13(10,11)6(7,8)9/h2-5H2,1H3/i2D,3D2,4D2,5D2. The Hall–Kier alpha value is -0.300. The van der Waals surface area contributed by atoms with Crippen molar-refractivity contribution in [1.29, 1.82) is 0 Å². The molecule has 0 rings (SSSR count). The summed E-state index contributed by atoms with van der Waals surface area (Å²) in [6.07, 6.45) is -9.04. The van der Waals surface area contributed by atoms with Gasteiger partial charge in [-0.05, 0) is 6.37 Å². The molecule has 0 aromatic rings. The summed E-state index contributed by atoms with van der Waals surface area (Å²) < 4.78 is 111. The van der Waals surface area contributed by atoms with E-state index in [9.17, 15) is 21.6 Å². The maximum Gasteiger partial charge on any atom is 0.523 e. The zero-order chi connectivity index (χ0) is 16.8. The van der Waals surface area contributed by atoms with Gasteiger partial charge in [-0.15, -0.1) is 0 Å². The zero-order valence-corrected chi connectivity index (χ0v) is 7.16. The lowest BCUT2D eigenvalue weighted by molar-refractivity contribution is -0.0542. The maximum absolute atomic E-state index is 12.1. The average Bonchev–Trinajstić information content (AvgIpc) is 2.12. The molecular formula is C6H11F3O3S. The molecule has 0 aromatic heterocycles. The van der Waals surface area contributed by atoms with Crippen LogP contribution in [0.1, 0.15) is 35.7 Å². The van der Waals surface area contributed by atoms with E-state index >= 15 is 0 Å². The zero-order valence-electron chi connectivity index (χ0n) is 13.3. The van der Waals surface area contributed by atoms with Crippen LogP contribution >= 0.6 is 0 Å².